The first-order chi connectivity index (χ1) is 6.29. The molecule has 1 rings (SSSR count). The number of carbonyl (C=O) groups excluding carboxylic acids is 1. The van der Waals surface area contributed by atoms with Crippen LogP contribution in [0.4, 0.5) is 0 Å². The van der Waals surface area contributed by atoms with Crippen molar-refractivity contribution in [2.45, 2.75) is 51.1 Å². The molecule has 0 aliphatic heterocycles. The molecule has 1 aliphatic rings. The lowest BCUT2D eigenvalue weighted by Gasteiger charge is -2.32. The van der Waals surface area contributed by atoms with Crippen LogP contribution in [0.25, 0.3) is 0 Å². The molecule has 0 N–H and O–H groups in total. The minimum absolute atomic E-state index is 0.295. The first-order valence-electron chi connectivity index (χ1n) is 5.38. The summed E-state index contributed by atoms with van der Waals surface area (Å²) in [6, 6.07) is 1.20. The third-order valence-corrected chi connectivity index (χ3v) is 5.05. The lowest BCUT2D eigenvalue weighted by atomic mass is 9.94. The van der Waals surface area contributed by atoms with Crippen LogP contribution in [0, 0.1) is 5.92 Å². The largest absolute Gasteiger partial charge is 0.370 e. The summed E-state index contributed by atoms with van der Waals surface area (Å²) in [6.07, 6.45) is 1.73. The van der Waals surface area contributed by atoms with Gasteiger partial charge in [-0.2, -0.15) is 0 Å². The minimum atomic E-state index is -1.09. The number of Topliss-reactive ketones (excluding diaryl/α,β-unsaturated/α-hetero) is 1. The van der Waals surface area contributed by atoms with Gasteiger partial charge in [-0.15, -0.1) is 0 Å². The first-order valence-corrected chi connectivity index (χ1v) is 9.09. The molecule has 0 radical (unpaired) electrons. The number of methoxy groups -OCH3 is 1. The topological polar surface area (TPSA) is 26.3 Å². The number of hydrogen-bond acceptors (Lipinski definition) is 2. The van der Waals surface area contributed by atoms with E-state index in [0.717, 1.165) is 6.42 Å². The summed E-state index contributed by atoms with van der Waals surface area (Å²) in [5.41, 5.74) is -0.486. The number of ether oxygens (including phenoxy) is 1. The zero-order valence-electron chi connectivity index (χ0n) is 10.0. The van der Waals surface area contributed by atoms with Crippen LogP contribution in [0.1, 0.15) is 19.8 Å². The summed E-state index contributed by atoms with van der Waals surface area (Å²) in [7, 11) is 0.578. The molecule has 3 heteroatoms. The molecule has 0 aromatic rings. The van der Waals surface area contributed by atoms with Gasteiger partial charge in [0.2, 0.25) is 0 Å². The van der Waals surface area contributed by atoms with Gasteiger partial charge in [0.1, 0.15) is 5.60 Å². The molecule has 0 amide bonds. The SMILES string of the molecule is CO[C@@]1(C)C(=O)CC[C@@H]1C[Si](C)(C)C. The van der Waals surface area contributed by atoms with Crippen molar-refractivity contribution in [3.8, 4) is 0 Å². The highest BCUT2D eigenvalue weighted by atomic mass is 28.3. The van der Waals surface area contributed by atoms with Crippen molar-refractivity contribution in [2.24, 2.45) is 5.92 Å². The number of hydrogen-bond donors (Lipinski definition) is 0. The summed E-state index contributed by atoms with van der Waals surface area (Å²) < 4.78 is 5.44. The monoisotopic (exact) mass is 214 g/mol. The molecule has 0 saturated heterocycles. The van der Waals surface area contributed by atoms with E-state index < -0.39 is 13.7 Å². The van der Waals surface area contributed by atoms with E-state index in [4.69, 9.17) is 4.74 Å². The summed E-state index contributed by atoms with van der Waals surface area (Å²) in [5.74, 6) is 0.745. The Bertz CT molecular complexity index is 232. The Kier molecular flexibility index (Phi) is 3.22. The quantitative estimate of drug-likeness (QED) is 0.675. The second-order valence-corrected chi connectivity index (χ2v) is 11.3. The molecular formula is C11H22O2Si. The number of rotatable bonds is 3. The standard InChI is InChI=1S/C11H22O2Si/c1-11(13-2)9(6-7-10(11)12)8-14(3,4)5/h9H,6-8H2,1-5H3/t9-,11-/m1/s1. The maximum absolute atomic E-state index is 11.7. The van der Waals surface area contributed by atoms with Gasteiger partial charge in [-0.25, -0.2) is 0 Å². The molecule has 0 aromatic heterocycles. The number of carbonyl (C=O) groups is 1. The van der Waals surface area contributed by atoms with Gasteiger partial charge in [-0.05, 0) is 19.3 Å². The van der Waals surface area contributed by atoms with Crippen molar-refractivity contribution in [2.75, 3.05) is 7.11 Å². The molecule has 14 heavy (non-hydrogen) atoms. The van der Waals surface area contributed by atoms with Crippen LogP contribution in [-0.4, -0.2) is 26.6 Å². The second-order valence-electron chi connectivity index (χ2n) is 5.73. The van der Waals surface area contributed by atoms with Crippen molar-refractivity contribution in [1.82, 2.24) is 0 Å². The Hall–Kier alpha value is -0.153. The van der Waals surface area contributed by atoms with Crippen molar-refractivity contribution < 1.29 is 9.53 Å². The van der Waals surface area contributed by atoms with Crippen LogP contribution in [0.3, 0.4) is 0 Å². The third-order valence-electron chi connectivity index (χ3n) is 3.34. The van der Waals surface area contributed by atoms with E-state index in [1.807, 2.05) is 6.92 Å². The van der Waals surface area contributed by atoms with Crippen LogP contribution in [0.2, 0.25) is 25.7 Å². The van der Waals surface area contributed by atoms with E-state index in [2.05, 4.69) is 19.6 Å². The van der Waals surface area contributed by atoms with Crippen LogP contribution in [-0.2, 0) is 9.53 Å². The van der Waals surface area contributed by atoms with Crippen LogP contribution >= 0.6 is 0 Å². The Morgan fingerprint density at radius 1 is 1.50 bits per heavy atom. The predicted molar refractivity (Wildman–Crippen MR) is 61.3 cm³/mol. The van der Waals surface area contributed by atoms with Gasteiger partial charge in [0.05, 0.1) is 0 Å². The predicted octanol–water partition coefficient (Wildman–Crippen LogP) is 2.71. The van der Waals surface area contributed by atoms with E-state index >= 15 is 0 Å². The van der Waals surface area contributed by atoms with Crippen molar-refractivity contribution >= 4 is 13.9 Å². The normalized spacial score (nSPS) is 33.8. The fraction of sp³-hybridized carbons (Fsp3) is 0.909. The molecule has 0 aromatic carbocycles. The maximum atomic E-state index is 11.7. The molecule has 0 heterocycles. The third kappa shape index (κ3) is 2.26. The highest BCUT2D eigenvalue weighted by Gasteiger charge is 2.47. The molecule has 1 aliphatic carbocycles. The smallest absolute Gasteiger partial charge is 0.164 e. The van der Waals surface area contributed by atoms with Gasteiger partial charge in [0, 0.05) is 21.6 Å². The van der Waals surface area contributed by atoms with Gasteiger partial charge in [0.15, 0.2) is 5.78 Å². The van der Waals surface area contributed by atoms with E-state index in [-0.39, 0.29) is 0 Å². The Morgan fingerprint density at radius 2 is 2.07 bits per heavy atom. The van der Waals surface area contributed by atoms with Gasteiger partial charge < -0.3 is 4.74 Å². The summed E-state index contributed by atoms with van der Waals surface area (Å²) in [4.78, 5) is 11.7. The van der Waals surface area contributed by atoms with E-state index in [1.54, 1.807) is 7.11 Å². The van der Waals surface area contributed by atoms with Crippen LogP contribution in [0.5, 0.6) is 0 Å². The molecule has 1 fully saturated rings. The van der Waals surface area contributed by atoms with Gasteiger partial charge in [0.25, 0.3) is 0 Å². The fourth-order valence-electron chi connectivity index (χ4n) is 2.37. The summed E-state index contributed by atoms with van der Waals surface area (Å²) in [5, 5.41) is 0. The molecule has 2 atom stereocenters. The minimum Gasteiger partial charge on any atom is -0.370 e. The van der Waals surface area contributed by atoms with Crippen molar-refractivity contribution in [3.05, 3.63) is 0 Å². The van der Waals surface area contributed by atoms with E-state index in [9.17, 15) is 4.79 Å². The van der Waals surface area contributed by atoms with Crippen molar-refractivity contribution in [1.29, 1.82) is 0 Å². The lowest BCUT2D eigenvalue weighted by molar-refractivity contribution is -0.137. The van der Waals surface area contributed by atoms with Gasteiger partial charge in [-0.3, -0.25) is 4.79 Å². The second kappa shape index (κ2) is 3.78. The van der Waals surface area contributed by atoms with Crippen LogP contribution in [0.15, 0.2) is 0 Å². The molecule has 0 unspecified atom stereocenters. The summed E-state index contributed by atoms with van der Waals surface area (Å²) in [6.45, 7) is 9.02. The lowest BCUT2D eigenvalue weighted by Crippen LogP contribution is -2.41. The van der Waals surface area contributed by atoms with Gasteiger partial charge in [-0.1, -0.05) is 25.7 Å². The first kappa shape index (κ1) is 11.9. The fourth-order valence-corrected chi connectivity index (χ4v) is 4.45. The molecular weight excluding hydrogens is 192 g/mol. The average molecular weight is 214 g/mol. The van der Waals surface area contributed by atoms with E-state index in [1.165, 1.54) is 6.04 Å². The highest BCUT2D eigenvalue weighted by molar-refractivity contribution is 6.76. The Labute approximate surface area is 88.0 Å². The highest BCUT2D eigenvalue weighted by Crippen LogP contribution is 2.40. The summed E-state index contributed by atoms with van der Waals surface area (Å²) >= 11 is 0. The molecule has 1 saturated carbocycles. The Balaban J connectivity index is 2.76. The molecule has 0 bridgehead atoms. The van der Waals surface area contributed by atoms with Crippen LogP contribution < -0.4 is 0 Å². The molecule has 82 valence electrons. The maximum Gasteiger partial charge on any atom is 0.164 e. The molecule has 0 spiro atoms. The number of ketones is 1. The van der Waals surface area contributed by atoms with Crippen molar-refractivity contribution in [3.63, 3.8) is 0 Å². The van der Waals surface area contributed by atoms with Gasteiger partial charge >= 0.3 is 0 Å². The zero-order valence-corrected chi connectivity index (χ0v) is 11.0. The van der Waals surface area contributed by atoms with E-state index in [0.29, 0.717) is 18.1 Å². The molecule has 2 nitrogen and oxygen atoms in total. The average Bonchev–Trinajstić information content (AvgIpc) is 2.31. The zero-order chi connectivity index (χ0) is 11.0. The Morgan fingerprint density at radius 3 is 2.50 bits per heavy atom.